The Labute approximate surface area is 123 Å². The molecule has 2 aliphatic carbocycles. The number of ether oxygens (including phenoxy) is 1. The van der Waals surface area contributed by atoms with Crippen LogP contribution in [0.25, 0.3) is 0 Å². The van der Waals surface area contributed by atoms with Crippen molar-refractivity contribution in [2.45, 2.75) is 44.4 Å². The Balaban J connectivity index is 1.59. The lowest BCUT2D eigenvalue weighted by Gasteiger charge is -2.39. The number of fused-ring (bicyclic) bond motifs is 2. The van der Waals surface area contributed by atoms with Crippen LogP contribution in [0.4, 0.5) is 0 Å². The monoisotopic (exact) mass is 282 g/mol. The topological polar surface area (TPSA) is 43.6 Å². The van der Waals surface area contributed by atoms with Crippen molar-refractivity contribution >= 4 is 11.5 Å². The van der Waals surface area contributed by atoms with Crippen molar-refractivity contribution in [1.29, 1.82) is 0 Å². The van der Waals surface area contributed by atoms with Gasteiger partial charge in [0.1, 0.15) is 17.6 Å². The van der Waals surface area contributed by atoms with Crippen molar-refractivity contribution in [3.8, 4) is 0 Å². The first-order valence-electron chi connectivity index (χ1n) is 7.53. The molecule has 1 aromatic heterocycles. The van der Waals surface area contributed by atoms with Crippen LogP contribution in [0.3, 0.4) is 0 Å². The Morgan fingerprint density at radius 3 is 3.05 bits per heavy atom. The Morgan fingerprint density at radius 1 is 1.33 bits per heavy atom. The summed E-state index contributed by atoms with van der Waals surface area (Å²) < 4.78 is 8.41. The first-order valence-corrected chi connectivity index (χ1v) is 7.53. The van der Waals surface area contributed by atoms with Crippen LogP contribution in [0.2, 0.25) is 0 Å². The quantitative estimate of drug-likeness (QED) is 0.743. The van der Waals surface area contributed by atoms with Gasteiger partial charge in [-0.3, -0.25) is 9.79 Å². The van der Waals surface area contributed by atoms with E-state index in [1.165, 1.54) is 5.69 Å². The highest BCUT2D eigenvalue weighted by Gasteiger charge is 2.37. The molecule has 108 valence electrons. The van der Waals surface area contributed by atoms with Crippen LogP contribution in [0.15, 0.2) is 47.3 Å². The standard InChI is InChI=1S/C17H18N2O2/c1-11-3-2-8-19(11)12-4-6-14-16(9-12)21-17-10-13(20)5-7-15(17)18-14/h2-3,5,7-8,10,12,14,16H,4,6,9H2,1H3/t12-,14-,16-/m1/s1. The number of allylic oxidation sites excluding steroid dienone is 3. The van der Waals surface area contributed by atoms with E-state index in [0.717, 1.165) is 25.0 Å². The van der Waals surface area contributed by atoms with Gasteiger partial charge in [-0.2, -0.15) is 0 Å². The maximum absolute atomic E-state index is 11.5. The van der Waals surface area contributed by atoms with Crippen molar-refractivity contribution in [2.75, 3.05) is 0 Å². The zero-order valence-electron chi connectivity index (χ0n) is 12.0. The van der Waals surface area contributed by atoms with Crippen LogP contribution < -0.4 is 0 Å². The number of carbonyl (C=O) groups is 1. The second-order valence-corrected chi connectivity index (χ2v) is 6.01. The summed E-state index contributed by atoms with van der Waals surface area (Å²) in [6.07, 6.45) is 10.2. The van der Waals surface area contributed by atoms with E-state index in [2.05, 4.69) is 29.8 Å². The third-order valence-electron chi connectivity index (χ3n) is 4.63. The average Bonchev–Trinajstić information content (AvgIpc) is 2.90. The number of hydrogen-bond donors (Lipinski definition) is 0. The number of aromatic nitrogens is 1. The summed E-state index contributed by atoms with van der Waals surface area (Å²) >= 11 is 0. The van der Waals surface area contributed by atoms with Crippen molar-refractivity contribution in [2.24, 2.45) is 4.99 Å². The zero-order chi connectivity index (χ0) is 14.4. The second kappa shape index (κ2) is 4.72. The number of carbonyl (C=O) groups excluding carboxylic acids is 1. The van der Waals surface area contributed by atoms with Crippen LogP contribution in [0.5, 0.6) is 0 Å². The molecule has 0 aromatic carbocycles. The summed E-state index contributed by atoms with van der Waals surface area (Å²) in [4.78, 5) is 16.2. The van der Waals surface area contributed by atoms with Crippen molar-refractivity contribution in [1.82, 2.24) is 4.57 Å². The molecule has 0 bridgehead atoms. The molecule has 4 heteroatoms. The van der Waals surface area contributed by atoms with Crippen molar-refractivity contribution < 1.29 is 9.53 Å². The maximum atomic E-state index is 11.5. The molecule has 3 atom stereocenters. The van der Waals surface area contributed by atoms with Gasteiger partial charge in [0.2, 0.25) is 0 Å². The molecule has 1 aliphatic heterocycles. The molecule has 4 nitrogen and oxygen atoms in total. The molecule has 1 fully saturated rings. The molecule has 0 unspecified atom stereocenters. The third-order valence-corrected chi connectivity index (χ3v) is 4.63. The Bertz CT molecular complexity index is 681. The smallest absolute Gasteiger partial charge is 0.182 e. The van der Waals surface area contributed by atoms with Gasteiger partial charge in [-0.05, 0) is 44.1 Å². The van der Waals surface area contributed by atoms with Crippen LogP contribution >= 0.6 is 0 Å². The van der Waals surface area contributed by atoms with Crippen LogP contribution in [-0.2, 0) is 9.53 Å². The molecule has 0 N–H and O–H groups in total. The predicted molar refractivity (Wildman–Crippen MR) is 80.4 cm³/mol. The molecule has 1 aromatic rings. The fraction of sp³-hybridized carbons (Fsp3) is 0.412. The van der Waals surface area contributed by atoms with Gasteiger partial charge in [0.25, 0.3) is 0 Å². The van der Waals surface area contributed by atoms with Gasteiger partial charge in [0.05, 0.1) is 6.04 Å². The average molecular weight is 282 g/mol. The Morgan fingerprint density at radius 2 is 2.24 bits per heavy atom. The van der Waals surface area contributed by atoms with Gasteiger partial charge in [-0.1, -0.05) is 0 Å². The molecular formula is C17H18N2O2. The van der Waals surface area contributed by atoms with Gasteiger partial charge < -0.3 is 9.30 Å². The highest BCUT2D eigenvalue weighted by atomic mass is 16.5. The van der Waals surface area contributed by atoms with Crippen LogP contribution in [0, 0.1) is 6.92 Å². The largest absolute Gasteiger partial charge is 0.486 e. The molecule has 4 rings (SSSR count). The van der Waals surface area contributed by atoms with E-state index in [4.69, 9.17) is 9.73 Å². The summed E-state index contributed by atoms with van der Waals surface area (Å²) in [5, 5.41) is 0. The number of ketones is 1. The van der Waals surface area contributed by atoms with Crippen LogP contribution in [0.1, 0.15) is 31.0 Å². The first kappa shape index (κ1) is 12.6. The predicted octanol–water partition coefficient (Wildman–Crippen LogP) is 2.75. The fourth-order valence-electron chi connectivity index (χ4n) is 3.54. The van der Waals surface area contributed by atoms with Crippen molar-refractivity contribution in [3.63, 3.8) is 0 Å². The van der Waals surface area contributed by atoms with Crippen LogP contribution in [-0.4, -0.2) is 28.2 Å². The molecule has 0 radical (unpaired) electrons. The highest BCUT2D eigenvalue weighted by Crippen LogP contribution is 2.37. The number of nitrogens with zero attached hydrogens (tertiary/aromatic N) is 2. The molecule has 2 heterocycles. The summed E-state index contributed by atoms with van der Waals surface area (Å²) in [6, 6.07) is 4.92. The Kier molecular flexibility index (Phi) is 2.84. The van der Waals surface area contributed by atoms with E-state index in [9.17, 15) is 4.79 Å². The van der Waals surface area contributed by atoms with Gasteiger partial charge in [0, 0.05) is 30.4 Å². The van der Waals surface area contributed by atoms with E-state index < -0.39 is 0 Å². The molecule has 3 aliphatic rings. The Hall–Kier alpha value is -2.10. The van der Waals surface area contributed by atoms with Gasteiger partial charge in [-0.15, -0.1) is 0 Å². The summed E-state index contributed by atoms with van der Waals surface area (Å²) in [7, 11) is 0. The first-order chi connectivity index (χ1) is 10.2. The van der Waals surface area contributed by atoms with Crippen molar-refractivity contribution in [3.05, 3.63) is 48.0 Å². The third kappa shape index (κ3) is 2.15. The molecule has 0 amide bonds. The lowest BCUT2D eigenvalue weighted by Crippen LogP contribution is -2.40. The van der Waals surface area contributed by atoms with E-state index in [1.807, 2.05) is 0 Å². The fourth-order valence-corrected chi connectivity index (χ4v) is 3.54. The number of rotatable bonds is 1. The second-order valence-electron chi connectivity index (χ2n) is 6.01. The molecule has 0 spiro atoms. The molecule has 1 saturated carbocycles. The number of hydrogen-bond acceptors (Lipinski definition) is 3. The van der Waals surface area contributed by atoms with Gasteiger partial charge in [0.15, 0.2) is 5.78 Å². The van der Waals surface area contributed by atoms with E-state index in [0.29, 0.717) is 11.8 Å². The summed E-state index contributed by atoms with van der Waals surface area (Å²) in [5.74, 6) is 0.629. The SMILES string of the molecule is Cc1cccn1[C@@H]1CC[C@H]2N=C3C=CC(=O)C=C3O[C@@H]2C1. The molecular weight excluding hydrogens is 264 g/mol. The highest BCUT2D eigenvalue weighted by molar-refractivity contribution is 6.18. The zero-order valence-corrected chi connectivity index (χ0v) is 12.0. The molecule has 21 heavy (non-hydrogen) atoms. The maximum Gasteiger partial charge on any atom is 0.182 e. The minimum Gasteiger partial charge on any atom is -0.486 e. The minimum atomic E-state index is -0.0176. The normalized spacial score (nSPS) is 30.9. The van der Waals surface area contributed by atoms with Gasteiger partial charge in [-0.25, -0.2) is 0 Å². The molecule has 0 saturated heterocycles. The minimum absolute atomic E-state index is 0.0176. The lowest BCUT2D eigenvalue weighted by atomic mass is 9.87. The summed E-state index contributed by atoms with van der Waals surface area (Å²) in [5.41, 5.74) is 2.11. The summed E-state index contributed by atoms with van der Waals surface area (Å²) in [6.45, 7) is 2.14. The number of aryl methyl sites for hydroxylation is 1. The van der Waals surface area contributed by atoms with E-state index in [1.54, 1.807) is 18.2 Å². The van der Waals surface area contributed by atoms with Gasteiger partial charge >= 0.3 is 0 Å². The van der Waals surface area contributed by atoms with E-state index in [-0.39, 0.29) is 17.9 Å². The van der Waals surface area contributed by atoms with E-state index >= 15 is 0 Å². The lowest BCUT2D eigenvalue weighted by molar-refractivity contribution is -0.110. The number of aliphatic imine (C=N–C) groups is 1.